The third kappa shape index (κ3) is 3.94. The summed E-state index contributed by atoms with van der Waals surface area (Å²) in [6.07, 6.45) is 1.67. The first-order chi connectivity index (χ1) is 10.2. The Morgan fingerprint density at radius 1 is 1.29 bits per heavy atom. The second-order valence-electron chi connectivity index (χ2n) is 4.84. The van der Waals surface area contributed by atoms with Gasteiger partial charge in [0.15, 0.2) is 0 Å². The van der Waals surface area contributed by atoms with E-state index in [-0.39, 0.29) is 12.6 Å². The Bertz CT molecular complexity index is 575. The summed E-state index contributed by atoms with van der Waals surface area (Å²) in [4.78, 5) is 6.12. The van der Waals surface area contributed by atoms with E-state index in [1.807, 2.05) is 48.3 Å². The van der Waals surface area contributed by atoms with Crippen LogP contribution in [0, 0.1) is 0 Å². The molecule has 1 N–H and O–H groups in total. The highest BCUT2D eigenvalue weighted by molar-refractivity contribution is 6.30. The minimum Gasteiger partial charge on any atom is -0.497 e. The number of aliphatic hydroxyl groups excluding tert-OH is 1. The number of rotatable bonds is 6. The number of nitrogens with zero attached hydrogens (tertiary/aromatic N) is 2. The molecule has 1 aromatic heterocycles. The largest absolute Gasteiger partial charge is 0.497 e. The zero-order valence-electron chi connectivity index (χ0n) is 12.2. The van der Waals surface area contributed by atoms with E-state index in [0.29, 0.717) is 11.7 Å². The molecule has 1 atom stereocenters. The number of hydrogen-bond acceptors (Lipinski definition) is 4. The molecule has 0 spiro atoms. The Morgan fingerprint density at radius 2 is 2.00 bits per heavy atom. The predicted octanol–water partition coefficient (Wildman–Crippen LogP) is 2.91. The topological polar surface area (TPSA) is 45.6 Å². The summed E-state index contributed by atoms with van der Waals surface area (Å²) in [5, 5.41) is 10.2. The van der Waals surface area contributed by atoms with Crippen LogP contribution in [-0.2, 0) is 6.54 Å². The number of likely N-dealkylation sites (N-methyl/N-ethyl adjacent to an activating group) is 1. The van der Waals surface area contributed by atoms with Gasteiger partial charge < -0.3 is 9.84 Å². The summed E-state index contributed by atoms with van der Waals surface area (Å²) in [6, 6.07) is 11.4. The molecule has 0 bridgehead atoms. The van der Waals surface area contributed by atoms with Gasteiger partial charge in [0.25, 0.3) is 0 Å². The highest BCUT2D eigenvalue weighted by Crippen LogP contribution is 2.24. The van der Waals surface area contributed by atoms with Crippen LogP contribution < -0.4 is 4.74 Å². The summed E-state index contributed by atoms with van der Waals surface area (Å²) >= 11 is 6.08. The molecule has 1 aromatic carbocycles. The zero-order valence-corrected chi connectivity index (χ0v) is 12.9. The molecule has 112 valence electrons. The Hall–Kier alpha value is -1.62. The maximum atomic E-state index is 9.70. The lowest BCUT2D eigenvalue weighted by atomic mass is 10.1. The van der Waals surface area contributed by atoms with Gasteiger partial charge in [0, 0.05) is 18.3 Å². The molecule has 1 heterocycles. The predicted molar refractivity (Wildman–Crippen MR) is 83.5 cm³/mol. The van der Waals surface area contributed by atoms with Crippen molar-refractivity contribution in [2.24, 2.45) is 0 Å². The van der Waals surface area contributed by atoms with Gasteiger partial charge in [-0.2, -0.15) is 0 Å². The number of benzene rings is 1. The SMILES string of the molecule is COc1ccc(C(CO)N(C)Cc2cccnc2Cl)cc1. The van der Waals surface area contributed by atoms with Gasteiger partial charge in [-0.25, -0.2) is 4.98 Å². The average Bonchev–Trinajstić information content (AvgIpc) is 2.51. The summed E-state index contributed by atoms with van der Waals surface area (Å²) in [5.41, 5.74) is 1.97. The van der Waals surface area contributed by atoms with Crippen molar-refractivity contribution in [1.82, 2.24) is 9.88 Å². The molecule has 0 aliphatic rings. The van der Waals surface area contributed by atoms with Crippen LogP contribution in [0.15, 0.2) is 42.6 Å². The smallest absolute Gasteiger partial charge is 0.133 e. The number of pyridine rings is 1. The Labute approximate surface area is 130 Å². The summed E-state index contributed by atoms with van der Waals surface area (Å²) in [7, 11) is 3.59. The van der Waals surface area contributed by atoms with Crippen molar-refractivity contribution in [3.63, 3.8) is 0 Å². The molecule has 1 unspecified atom stereocenters. The fourth-order valence-electron chi connectivity index (χ4n) is 2.24. The number of hydrogen-bond donors (Lipinski definition) is 1. The lowest BCUT2D eigenvalue weighted by Gasteiger charge is -2.27. The van der Waals surface area contributed by atoms with E-state index in [1.54, 1.807) is 13.3 Å². The summed E-state index contributed by atoms with van der Waals surface area (Å²) in [5.74, 6) is 0.799. The minimum absolute atomic E-state index is 0.0285. The van der Waals surface area contributed by atoms with Gasteiger partial charge in [-0.15, -0.1) is 0 Å². The van der Waals surface area contributed by atoms with Gasteiger partial charge in [-0.3, -0.25) is 4.90 Å². The van der Waals surface area contributed by atoms with Crippen molar-refractivity contribution in [2.45, 2.75) is 12.6 Å². The van der Waals surface area contributed by atoms with Gasteiger partial charge in [0.1, 0.15) is 10.9 Å². The second kappa shape index (κ2) is 7.41. The van der Waals surface area contributed by atoms with Crippen molar-refractivity contribution in [3.8, 4) is 5.75 Å². The second-order valence-corrected chi connectivity index (χ2v) is 5.20. The molecule has 4 nitrogen and oxygen atoms in total. The molecule has 0 saturated carbocycles. The Balaban J connectivity index is 2.14. The van der Waals surface area contributed by atoms with Crippen LogP contribution in [0.3, 0.4) is 0 Å². The van der Waals surface area contributed by atoms with Crippen LogP contribution in [-0.4, -0.2) is 35.8 Å². The number of methoxy groups -OCH3 is 1. The van der Waals surface area contributed by atoms with E-state index >= 15 is 0 Å². The van der Waals surface area contributed by atoms with Crippen LogP contribution >= 0.6 is 11.6 Å². The van der Waals surface area contributed by atoms with E-state index < -0.39 is 0 Å². The molecule has 0 saturated heterocycles. The maximum Gasteiger partial charge on any atom is 0.133 e. The minimum atomic E-state index is -0.104. The van der Waals surface area contributed by atoms with Gasteiger partial charge in [0.05, 0.1) is 19.8 Å². The van der Waals surface area contributed by atoms with E-state index in [2.05, 4.69) is 4.98 Å². The normalized spacial score (nSPS) is 12.4. The monoisotopic (exact) mass is 306 g/mol. The lowest BCUT2D eigenvalue weighted by molar-refractivity contribution is 0.142. The molecule has 0 fully saturated rings. The van der Waals surface area contributed by atoms with Crippen molar-refractivity contribution in [3.05, 3.63) is 58.9 Å². The third-order valence-corrected chi connectivity index (χ3v) is 3.80. The van der Waals surface area contributed by atoms with E-state index in [1.165, 1.54) is 0 Å². The van der Waals surface area contributed by atoms with Crippen LogP contribution in [0.25, 0.3) is 0 Å². The highest BCUT2D eigenvalue weighted by Gasteiger charge is 2.17. The van der Waals surface area contributed by atoms with Crippen LogP contribution in [0.1, 0.15) is 17.2 Å². The molecule has 2 rings (SSSR count). The standard InChI is InChI=1S/C16H19ClN2O2/c1-19(10-13-4-3-9-18-16(13)17)15(11-20)12-5-7-14(21-2)8-6-12/h3-9,15,20H,10-11H2,1-2H3. The summed E-state index contributed by atoms with van der Waals surface area (Å²) < 4.78 is 5.15. The number of aromatic nitrogens is 1. The van der Waals surface area contributed by atoms with E-state index in [9.17, 15) is 5.11 Å². The molecule has 0 amide bonds. The van der Waals surface area contributed by atoms with Crippen molar-refractivity contribution in [1.29, 1.82) is 0 Å². The zero-order chi connectivity index (χ0) is 15.2. The van der Waals surface area contributed by atoms with Gasteiger partial charge in [0.2, 0.25) is 0 Å². The molecule has 5 heteroatoms. The molecule has 21 heavy (non-hydrogen) atoms. The van der Waals surface area contributed by atoms with E-state index in [4.69, 9.17) is 16.3 Å². The van der Waals surface area contributed by atoms with Gasteiger partial charge in [-0.05, 0) is 30.8 Å². The Morgan fingerprint density at radius 3 is 2.57 bits per heavy atom. The quantitative estimate of drug-likeness (QED) is 0.834. The van der Waals surface area contributed by atoms with E-state index in [0.717, 1.165) is 16.9 Å². The summed E-state index contributed by atoms with van der Waals surface area (Å²) in [6.45, 7) is 0.643. The molecular formula is C16H19ClN2O2. The van der Waals surface area contributed by atoms with Crippen LogP contribution in [0.2, 0.25) is 5.15 Å². The van der Waals surface area contributed by atoms with Gasteiger partial charge >= 0.3 is 0 Å². The molecule has 0 aliphatic carbocycles. The number of halogens is 1. The number of aliphatic hydroxyl groups is 1. The van der Waals surface area contributed by atoms with Crippen LogP contribution in [0.4, 0.5) is 0 Å². The Kier molecular flexibility index (Phi) is 5.56. The first-order valence-corrected chi connectivity index (χ1v) is 7.08. The fraction of sp³-hybridized carbons (Fsp3) is 0.312. The maximum absolute atomic E-state index is 9.70. The average molecular weight is 307 g/mol. The fourth-order valence-corrected chi connectivity index (χ4v) is 2.42. The third-order valence-electron chi connectivity index (χ3n) is 3.46. The number of ether oxygens (including phenoxy) is 1. The van der Waals surface area contributed by atoms with Gasteiger partial charge in [-0.1, -0.05) is 29.8 Å². The molecule has 0 aliphatic heterocycles. The van der Waals surface area contributed by atoms with Crippen molar-refractivity contribution >= 4 is 11.6 Å². The van der Waals surface area contributed by atoms with Crippen LogP contribution in [0.5, 0.6) is 5.75 Å². The lowest BCUT2D eigenvalue weighted by Crippen LogP contribution is -2.27. The molecular weight excluding hydrogens is 288 g/mol. The van der Waals surface area contributed by atoms with Crippen molar-refractivity contribution < 1.29 is 9.84 Å². The van der Waals surface area contributed by atoms with Crippen molar-refractivity contribution in [2.75, 3.05) is 20.8 Å². The highest BCUT2D eigenvalue weighted by atomic mass is 35.5. The first-order valence-electron chi connectivity index (χ1n) is 6.70. The first kappa shape index (κ1) is 15.8. The molecule has 0 radical (unpaired) electrons. The molecule has 2 aromatic rings.